The van der Waals surface area contributed by atoms with Crippen LogP contribution in [0, 0.1) is 16.7 Å². The Hall–Kier alpha value is -1.67. The number of sulfonamides is 1. The molecule has 4 atom stereocenters. The normalized spacial score (nSPS) is 32.3. The van der Waals surface area contributed by atoms with Crippen LogP contribution in [0.25, 0.3) is 0 Å². The molecule has 0 unspecified atom stereocenters. The predicted octanol–water partition coefficient (Wildman–Crippen LogP) is 3.19. The highest BCUT2D eigenvalue weighted by Gasteiger charge is 2.65. The zero-order valence-electron chi connectivity index (χ0n) is 19.1. The number of nitrogens with zero attached hydrogens (tertiary/aromatic N) is 2. The second-order valence-electron chi connectivity index (χ2n) is 10.5. The number of aromatic nitrogens is 1. The molecule has 3 aliphatic carbocycles. The molecule has 8 heteroatoms. The van der Waals surface area contributed by atoms with Gasteiger partial charge in [0.1, 0.15) is 11.6 Å². The van der Waals surface area contributed by atoms with Crippen LogP contribution in [0.4, 0.5) is 11.5 Å². The lowest BCUT2D eigenvalue weighted by atomic mass is 9.70. The lowest BCUT2D eigenvalue weighted by Crippen LogP contribution is -2.52. The minimum Gasteiger partial charge on any atom is -0.378 e. The third kappa shape index (κ3) is 4.09. The molecule has 31 heavy (non-hydrogen) atoms. The summed E-state index contributed by atoms with van der Waals surface area (Å²) in [6.45, 7) is 4.17. The quantitative estimate of drug-likeness (QED) is 0.666. The van der Waals surface area contributed by atoms with E-state index < -0.39 is 15.4 Å². The van der Waals surface area contributed by atoms with Crippen molar-refractivity contribution in [3.63, 3.8) is 0 Å². The number of rotatable bonds is 7. The molecule has 3 fully saturated rings. The van der Waals surface area contributed by atoms with Crippen LogP contribution >= 0.6 is 0 Å². The maximum Gasteiger partial charge on any atom is 0.212 e. The zero-order valence-corrected chi connectivity index (χ0v) is 20.0. The van der Waals surface area contributed by atoms with Gasteiger partial charge in [0.25, 0.3) is 0 Å². The lowest BCUT2D eigenvalue weighted by molar-refractivity contribution is -0.128. The first kappa shape index (κ1) is 22.5. The van der Waals surface area contributed by atoms with Crippen LogP contribution in [0.5, 0.6) is 0 Å². The van der Waals surface area contributed by atoms with E-state index in [2.05, 4.69) is 28.9 Å². The van der Waals surface area contributed by atoms with Crippen LogP contribution in [-0.4, -0.2) is 51.1 Å². The van der Waals surface area contributed by atoms with E-state index in [9.17, 15) is 13.2 Å². The molecule has 0 radical (unpaired) electrons. The largest absolute Gasteiger partial charge is 0.378 e. The molecule has 1 aromatic rings. The maximum atomic E-state index is 13.3. The fourth-order valence-electron chi connectivity index (χ4n) is 6.12. The molecule has 0 aliphatic heterocycles. The van der Waals surface area contributed by atoms with Crippen molar-refractivity contribution in [3.05, 3.63) is 18.3 Å². The van der Waals surface area contributed by atoms with Crippen molar-refractivity contribution in [3.8, 4) is 0 Å². The van der Waals surface area contributed by atoms with Crippen LogP contribution in [0.3, 0.4) is 0 Å². The van der Waals surface area contributed by atoms with E-state index in [4.69, 9.17) is 0 Å². The molecule has 3 aliphatic rings. The predicted molar refractivity (Wildman–Crippen MR) is 124 cm³/mol. The van der Waals surface area contributed by atoms with E-state index in [0.717, 1.165) is 43.6 Å². The van der Waals surface area contributed by atoms with Gasteiger partial charge in [-0.15, -0.1) is 0 Å². The van der Waals surface area contributed by atoms with Gasteiger partial charge in [-0.05, 0) is 43.1 Å². The molecular weight excluding hydrogens is 412 g/mol. The summed E-state index contributed by atoms with van der Waals surface area (Å²) in [6, 6.07) is 3.71. The Labute approximate surface area is 186 Å². The van der Waals surface area contributed by atoms with Crippen molar-refractivity contribution in [2.75, 3.05) is 30.1 Å². The minimum absolute atomic E-state index is 0.0189. The Morgan fingerprint density at radius 2 is 1.87 bits per heavy atom. The van der Waals surface area contributed by atoms with Gasteiger partial charge in [0, 0.05) is 56.0 Å². The highest BCUT2D eigenvalue weighted by Crippen LogP contribution is 2.64. The van der Waals surface area contributed by atoms with E-state index in [1.807, 2.05) is 31.1 Å². The molecule has 3 saturated carbocycles. The molecule has 7 nitrogen and oxygen atoms in total. The Kier molecular flexibility index (Phi) is 5.83. The molecule has 0 spiro atoms. The van der Waals surface area contributed by atoms with Crippen molar-refractivity contribution < 1.29 is 13.2 Å². The van der Waals surface area contributed by atoms with Gasteiger partial charge in [-0.2, -0.15) is 0 Å². The first-order chi connectivity index (χ1) is 14.5. The van der Waals surface area contributed by atoms with E-state index >= 15 is 0 Å². The molecular formula is C23H36N4O3S. The third-order valence-corrected chi connectivity index (χ3v) is 9.80. The molecule has 0 saturated heterocycles. The van der Waals surface area contributed by atoms with Crippen molar-refractivity contribution in [2.45, 2.75) is 70.9 Å². The number of Topliss-reactive ketones (excluding diaryl/α,β-unsaturated/α-hetero) is 1. The lowest BCUT2D eigenvalue weighted by Gasteiger charge is -2.38. The van der Waals surface area contributed by atoms with Crippen LogP contribution in [0.1, 0.15) is 58.8 Å². The summed E-state index contributed by atoms with van der Waals surface area (Å²) in [4.78, 5) is 19.3. The summed E-state index contributed by atoms with van der Waals surface area (Å²) in [5, 5.41) is 3.47. The van der Waals surface area contributed by atoms with E-state index in [1.54, 1.807) is 6.20 Å². The number of fused-ring (bicyclic) bond motifs is 2. The minimum atomic E-state index is -3.60. The molecule has 2 N–H and O–H groups in total. The molecule has 1 aromatic heterocycles. The Balaban J connectivity index is 1.49. The number of hydrogen-bond donors (Lipinski definition) is 2. The van der Waals surface area contributed by atoms with Crippen molar-refractivity contribution >= 4 is 27.3 Å². The summed E-state index contributed by atoms with van der Waals surface area (Å²) in [7, 11) is 0.364. The van der Waals surface area contributed by atoms with Gasteiger partial charge in [-0.25, -0.2) is 18.1 Å². The number of hydrogen-bond acceptors (Lipinski definition) is 6. The number of nitrogens with one attached hydrogen (secondary N) is 2. The molecule has 0 aromatic carbocycles. The molecule has 1 heterocycles. The number of carbonyl (C=O) groups excluding carboxylic acids is 1. The van der Waals surface area contributed by atoms with Crippen LogP contribution in [0.15, 0.2) is 18.3 Å². The van der Waals surface area contributed by atoms with Gasteiger partial charge in [0.15, 0.2) is 0 Å². The van der Waals surface area contributed by atoms with Gasteiger partial charge in [0.05, 0.1) is 5.75 Å². The van der Waals surface area contributed by atoms with Crippen LogP contribution < -0.4 is 14.9 Å². The number of carbonyl (C=O) groups is 1. The average Bonchev–Trinajstić information content (AvgIpc) is 3.03. The first-order valence-corrected chi connectivity index (χ1v) is 13.1. The number of pyridine rings is 1. The van der Waals surface area contributed by atoms with Gasteiger partial charge in [0.2, 0.25) is 10.0 Å². The maximum absolute atomic E-state index is 13.3. The molecule has 172 valence electrons. The Bertz CT molecular complexity index is 946. The summed E-state index contributed by atoms with van der Waals surface area (Å²) < 4.78 is 29.6. The zero-order chi connectivity index (χ0) is 22.4. The third-order valence-electron chi connectivity index (χ3n) is 8.27. The van der Waals surface area contributed by atoms with Gasteiger partial charge in [-0.3, -0.25) is 4.79 Å². The molecule has 4 rings (SSSR count). The van der Waals surface area contributed by atoms with Gasteiger partial charge < -0.3 is 10.2 Å². The van der Waals surface area contributed by atoms with Crippen molar-refractivity contribution in [1.29, 1.82) is 0 Å². The molecule has 2 bridgehead atoms. The van der Waals surface area contributed by atoms with E-state index in [0.29, 0.717) is 18.8 Å². The fraction of sp³-hybridized carbons (Fsp3) is 0.739. The van der Waals surface area contributed by atoms with E-state index in [1.165, 1.54) is 0 Å². The number of ketones is 1. The average molecular weight is 449 g/mol. The summed E-state index contributed by atoms with van der Waals surface area (Å²) in [6.07, 6.45) is 7.67. The van der Waals surface area contributed by atoms with Crippen molar-refractivity contribution in [1.82, 2.24) is 9.71 Å². The summed E-state index contributed by atoms with van der Waals surface area (Å²) in [5.74, 6) is 1.13. The van der Waals surface area contributed by atoms with Crippen molar-refractivity contribution in [2.24, 2.45) is 16.7 Å². The summed E-state index contributed by atoms with van der Waals surface area (Å²) >= 11 is 0. The summed E-state index contributed by atoms with van der Waals surface area (Å²) in [5.41, 5.74) is 0.0599. The second-order valence-corrected chi connectivity index (χ2v) is 12.2. The Morgan fingerprint density at radius 3 is 2.48 bits per heavy atom. The highest BCUT2D eigenvalue weighted by molar-refractivity contribution is 7.89. The monoisotopic (exact) mass is 448 g/mol. The number of anilines is 2. The Morgan fingerprint density at radius 1 is 1.16 bits per heavy atom. The fourth-order valence-corrected chi connectivity index (χ4v) is 8.27. The van der Waals surface area contributed by atoms with Gasteiger partial charge >= 0.3 is 0 Å². The topological polar surface area (TPSA) is 91.4 Å². The van der Waals surface area contributed by atoms with Crippen LogP contribution in [0.2, 0.25) is 0 Å². The van der Waals surface area contributed by atoms with Gasteiger partial charge in [-0.1, -0.05) is 26.7 Å². The molecule has 0 amide bonds. The smallest absolute Gasteiger partial charge is 0.212 e. The first-order valence-electron chi connectivity index (χ1n) is 11.5. The van der Waals surface area contributed by atoms with E-state index in [-0.39, 0.29) is 29.0 Å². The van der Waals surface area contributed by atoms with Crippen LogP contribution in [-0.2, 0) is 14.8 Å². The SMILES string of the molecule is CN(C)c1ccnc(N[C@@H]2CCCC[C@H]2NS(=O)(=O)C[C@]23CC[C@H](CC2=O)C3(C)C)c1. The highest BCUT2D eigenvalue weighted by atomic mass is 32.2. The second kappa shape index (κ2) is 8.03. The standard InChI is InChI=1S/C23H36N4O3S/c1-22(2)16-9-11-23(22,20(28)13-16)15-31(29,30)26-19-8-6-5-7-18(19)25-21-14-17(27(3)4)10-12-24-21/h10,12,14,16,18-19,26H,5-9,11,13,15H2,1-4H3,(H,24,25)/t16-,18-,19-,23-/m1/s1.